The average molecular weight is 299 g/mol. The van der Waals surface area contributed by atoms with E-state index in [1.165, 1.54) is 12.1 Å². The molecule has 0 saturated heterocycles. The highest BCUT2D eigenvalue weighted by Crippen LogP contribution is 2.25. The first-order chi connectivity index (χ1) is 10.7. The summed E-state index contributed by atoms with van der Waals surface area (Å²) in [5.74, 6) is 0.963. The monoisotopic (exact) mass is 299 g/mol. The van der Waals surface area contributed by atoms with Gasteiger partial charge in [-0.1, -0.05) is 19.9 Å². The topological polar surface area (TPSA) is 88.2 Å². The molecule has 2 aromatic rings. The molecule has 0 aliphatic carbocycles. The van der Waals surface area contributed by atoms with E-state index in [2.05, 4.69) is 5.32 Å². The molecule has 1 N–H and O–H groups in total. The molecule has 0 radical (unpaired) electrons. The molecule has 0 atom stereocenters. The number of hydrogen-bond acceptors (Lipinski definition) is 5. The molecule has 0 aliphatic heterocycles. The predicted octanol–water partition coefficient (Wildman–Crippen LogP) is 4.35. The first-order valence-corrected chi connectivity index (χ1v) is 6.82. The van der Waals surface area contributed by atoms with Gasteiger partial charge in [0.25, 0.3) is 5.69 Å². The molecule has 0 unspecified atom stereocenters. The van der Waals surface area contributed by atoms with Gasteiger partial charge in [-0.2, -0.15) is 5.26 Å². The smallest absolute Gasteiger partial charge is 0.273 e. The van der Waals surface area contributed by atoms with Crippen molar-refractivity contribution in [3.63, 3.8) is 0 Å². The van der Waals surface area contributed by atoms with E-state index >= 15 is 0 Å². The second kappa shape index (κ2) is 8.97. The van der Waals surface area contributed by atoms with Crippen LogP contribution in [-0.2, 0) is 0 Å². The summed E-state index contributed by atoms with van der Waals surface area (Å²) in [6.45, 7) is 4.23. The SMILES string of the molecule is CC.N#CCNc1ccc(Oc2cccc([N+](=O)[O-])c2)cc1. The zero-order valence-electron chi connectivity index (χ0n) is 12.4. The lowest BCUT2D eigenvalue weighted by Gasteiger charge is -2.07. The van der Waals surface area contributed by atoms with Gasteiger partial charge < -0.3 is 10.1 Å². The predicted molar refractivity (Wildman–Crippen MR) is 85.1 cm³/mol. The Bertz CT molecular complexity index is 648. The van der Waals surface area contributed by atoms with Crippen LogP contribution in [0.2, 0.25) is 0 Å². The molecule has 0 saturated carbocycles. The zero-order valence-corrected chi connectivity index (χ0v) is 12.4. The van der Waals surface area contributed by atoms with Gasteiger partial charge in [-0.05, 0) is 30.3 Å². The van der Waals surface area contributed by atoms with E-state index in [1.54, 1.807) is 36.4 Å². The summed E-state index contributed by atoms with van der Waals surface area (Å²) in [4.78, 5) is 10.2. The second-order valence-corrected chi connectivity index (χ2v) is 3.89. The highest BCUT2D eigenvalue weighted by Gasteiger charge is 2.06. The first-order valence-electron chi connectivity index (χ1n) is 6.82. The molecule has 0 aliphatic rings. The van der Waals surface area contributed by atoms with Gasteiger partial charge in [-0.15, -0.1) is 0 Å². The van der Waals surface area contributed by atoms with Gasteiger partial charge in [0.15, 0.2) is 0 Å². The fourth-order valence-electron chi connectivity index (χ4n) is 1.58. The average Bonchev–Trinajstić information content (AvgIpc) is 2.56. The lowest BCUT2D eigenvalue weighted by atomic mass is 10.3. The number of hydrogen-bond donors (Lipinski definition) is 1. The quantitative estimate of drug-likeness (QED) is 0.503. The molecule has 6 nitrogen and oxygen atoms in total. The number of non-ortho nitro benzene ring substituents is 1. The Morgan fingerprint density at radius 2 is 1.86 bits per heavy atom. The van der Waals surface area contributed by atoms with Gasteiger partial charge in [0.1, 0.15) is 18.0 Å². The maximum Gasteiger partial charge on any atom is 0.273 e. The van der Waals surface area contributed by atoms with Crippen LogP contribution in [0.15, 0.2) is 48.5 Å². The van der Waals surface area contributed by atoms with Crippen molar-refractivity contribution in [3.05, 3.63) is 58.6 Å². The van der Waals surface area contributed by atoms with Gasteiger partial charge in [0.05, 0.1) is 17.1 Å². The van der Waals surface area contributed by atoms with E-state index in [0.29, 0.717) is 11.5 Å². The van der Waals surface area contributed by atoms with E-state index < -0.39 is 4.92 Å². The van der Waals surface area contributed by atoms with Crippen molar-refractivity contribution in [3.8, 4) is 17.6 Å². The molecule has 0 heterocycles. The minimum Gasteiger partial charge on any atom is -0.457 e. The van der Waals surface area contributed by atoms with Gasteiger partial charge in [-0.25, -0.2) is 0 Å². The Hall–Kier alpha value is -3.07. The Morgan fingerprint density at radius 3 is 2.45 bits per heavy atom. The van der Waals surface area contributed by atoms with Crippen molar-refractivity contribution in [2.45, 2.75) is 13.8 Å². The van der Waals surface area contributed by atoms with E-state index in [0.717, 1.165) is 5.69 Å². The van der Waals surface area contributed by atoms with Crippen molar-refractivity contribution < 1.29 is 9.66 Å². The third-order valence-electron chi connectivity index (χ3n) is 2.49. The summed E-state index contributed by atoms with van der Waals surface area (Å²) in [6.07, 6.45) is 0. The number of ether oxygens (including phenoxy) is 1. The third-order valence-corrected chi connectivity index (χ3v) is 2.49. The lowest BCUT2D eigenvalue weighted by molar-refractivity contribution is -0.384. The molecule has 6 heteroatoms. The van der Waals surface area contributed by atoms with Gasteiger partial charge >= 0.3 is 0 Å². The van der Waals surface area contributed by atoms with Crippen molar-refractivity contribution in [1.29, 1.82) is 5.26 Å². The Kier molecular flexibility index (Phi) is 6.93. The summed E-state index contributed by atoms with van der Waals surface area (Å²) in [7, 11) is 0. The molecular formula is C16H17N3O3. The molecule has 2 rings (SSSR count). The van der Waals surface area contributed by atoms with E-state index in [1.807, 2.05) is 19.9 Å². The molecular weight excluding hydrogens is 282 g/mol. The van der Waals surface area contributed by atoms with Crippen LogP contribution >= 0.6 is 0 Å². The number of rotatable bonds is 5. The van der Waals surface area contributed by atoms with E-state index in [4.69, 9.17) is 10.00 Å². The third kappa shape index (κ3) is 5.13. The van der Waals surface area contributed by atoms with E-state index in [-0.39, 0.29) is 12.2 Å². The fraction of sp³-hybridized carbons (Fsp3) is 0.188. The van der Waals surface area contributed by atoms with Crippen LogP contribution in [0.25, 0.3) is 0 Å². The number of nitriles is 1. The zero-order chi connectivity index (χ0) is 16.4. The maximum atomic E-state index is 10.7. The van der Waals surface area contributed by atoms with Crippen LogP contribution in [0.1, 0.15) is 13.8 Å². The van der Waals surface area contributed by atoms with Crippen LogP contribution in [-0.4, -0.2) is 11.5 Å². The fourth-order valence-corrected chi connectivity index (χ4v) is 1.58. The summed E-state index contributed by atoms with van der Waals surface area (Å²) in [5.41, 5.74) is 0.785. The molecule has 22 heavy (non-hydrogen) atoms. The summed E-state index contributed by atoms with van der Waals surface area (Å²) >= 11 is 0. The van der Waals surface area contributed by atoms with Crippen molar-refractivity contribution in [2.24, 2.45) is 0 Å². The minimum absolute atomic E-state index is 0.0187. The molecule has 0 bridgehead atoms. The Labute approximate surface area is 129 Å². The lowest BCUT2D eigenvalue weighted by Crippen LogP contribution is -1.97. The van der Waals surface area contributed by atoms with Crippen LogP contribution < -0.4 is 10.1 Å². The van der Waals surface area contributed by atoms with Crippen molar-refractivity contribution in [2.75, 3.05) is 11.9 Å². The number of nitrogens with one attached hydrogen (secondary N) is 1. The number of nitrogens with zero attached hydrogens (tertiary/aromatic N) is 2. The van der Waals surface area contributed by atoms with Crippen molar-refractivity contribution in [1.82, 2.24) is 0 Å². The van der Waals surface area contributed by atoms with Gasteiger partial charge in [0, 0.05) is 11.8 Å². The molecule has 0 spiro atoms. The summed E-state index contributed by atoms with van der Waals surface area (Å²) in [6, 6.07) is 14.9. The molecule has 2 aromatic carbocycles. The molecule has 114 valence electrons. The van der Waals surface area contributed by atoms with Crippen LogP contribution in [0.4, 0.5) is 11.4 Å². The van der Waals surface area contributed by atoms with Gasteiger partial charge in [-0.3, -0.25) is 10.1 Å². The second-order valence-electron chi connectivity index (χ2n) is 3.89. The maximum absolute atomic E-state index is 10.7. The summed E-state index contributed by atoms with van der Waals surface area (Å²) < 4.78 is 5.53. The summed E-state index contributed by atoms with van der Waals surface area (Å²) in [5, 5.41) is 22.0. The van der Waals surface area contributed by atoms with E-state index in [9.17, 15) is 10.1 Å². The number of benzene rings is 2. The normalized spacial score (nSPS) is 8.95. The van der Waals surface area contributed by atoms with Gasteiger partial charge in [0.2, 0.25) is 0 Å². The highest BCUT2D eigenvalue weighted by atomic mass is 16.6. The van der Waals surface area contributed by atoms with Crippen LogP contribution in [0.3, 0.4) is 0 Å². The number of anilines is 1. The highest BCUT2D eigenvalue weighted by molar-refractivity contribution is 5.48. The molecule has 0 amide bonds. The van der Waals surface area contributed by atoms with Crippen molar-refractivity contribution >= 4 is 11.4 Å². The van der Waals surface area contributed by atoms with Crippen LogP contribution in [0, 0.1) is 21.4 Å². The molecule has 0 aromatic heterocycles. The largest absolute Gasteiger partial charge is 0.457 e. The van der Waals surface area contributed by atoms with Crippen LogP contribution in [0.5, 0.6) is 11.5 Å². The number of nitro benzene ring substituents is 1. The molecule has 0 fully saturated rings. The Morgan fingerprint density at radius 1 is 1.18 bits per heavy atom. The Balaban J connectivity index is 0.00000116. The first kappa shape index (κ1) is 17.0. The minimum atomic E-state index is -0.470. The number of nitro groups is 1. The standard InChI is InChI=1S/C14H11N3O3.C2H6/c15-8-9-16-11-4-6-13(7-5-11)20-14-3-1-2-12(10-14)17(18)19;1-2/h1-7,10,16H,9H2;1-2H3.